The number of esters is 1. The summed E-state index contributed by atoms with van der Waals surface area (Å²) in [7, 11) is 0. The largest absolute Gasteiger partial charge is 0.462 e. The molecule has 0 unspecified atom stereocenters. The van der Waals surface area contributed by atoms with E-state index in [1.807, 2.05) is 6.07 Å². The number of nitrogens with zero attached hydrogens (tertiary/aromatic N) is 2. The predicted octanol–water partition coefficient (Wildman–Crippen LogP) is 2.65. The van der Waals surface area contributed by atoms with Gasteiger partial charge >= 0.3 is 5.97 Å². The molecule has 1 aliphatic carbocycles. The Hall–Kier alpha value is -1.87. The molecule has 0 aliphatic heterocycles. The standard InChI is InChI=1S/C14H17N3O2S/c1-3-19-13(18)10(7-15)8-16-14-17-11-5-4-9(2)6-12(11)20-14/h8-9H,3-6H2,1-2H3,(H,16,17)/b10-8-/t9-/m1/s1. The maximum absolute atomic E-state index is 11.5. The van der Waals surface area contributed by atoms with E-state index in [1.54, 1.807) is 18.3 Å². The van der Waals surface area contributed by atoms with Crippen LogP contribution in [0.25, 0.3) is 0 Å². The number of anilines is 1. The lowest BCUT2D eigenvalue weighted by molar-refractivity contribution is -0.138. The van der Waals surface area contributed by atoms with Crippen molar-refractivity contribution >= 4 is 22.4 Å². The molecule has 0 aromatic carbocycles. The van der Waals surface area contributed by atoms with Gasteiger partial charge in [-0.05, 0) is 32.1 Å². The number of ether oxygens (including phenoxy) is 1. The molecule has 0 amide bonds. The second kappa shape index (κ2) is 6.53. The number of nitrogens with one attached hydrogen (secondary N) is 1. The number of thiazole rings is 1. The van der Waals surface area contributed by atoms with Crippen LogP contribution >= 0.6 is 11.3 Å². The third kappa shape index (κ3) is 3.36. The van der Waals surface area contributed by atoms with Crippen molar-refractivity contribution in [2.75, 3.05) is 11.9 Å². The molecule has 2 rings (SSSR count). The van der Waals surface area contributed by atoms with Crippen molar-refractivity contribution in [2.45, 2.75) is 33.1 Å². The predicted molar refractivity (Wildman–Crippen MR) is 77.3 cm³/mol. The molecule has 1 heterocycles. The van der Waals surface area contributed by atoms with Crippen LogP contribution in [0.2, 0.25) is 0 Å². The lowest BCUT2D eigenvalue weighted by atomic mass is 9.93. The average molecular weight is 291 g/mol. The van der Waals surface area contributed by atoms with E-state index in [1.165, 1.54) is 11.1 Å². The normalized spacial score (nSPS) is 18.1. The van der Waals surface area contributed by atoms with Gasteiger partial charge in [-0.1, -0.05) is 6.92 Å². The molecule has 5 nitrogen and oxygen atoms in total. The summed E-state index contributed by atoms with van der Waals surface area (Å²) in [5, 5.41) is 12.6. The fraction of sp³-hybridized carbons (Fsp3) is 0.500. The van der Waals surface area contributed by atoms with Gasteiger partial charge in [0.15, 0.2) is 10.7 Å². The fourth-order valence-corrected chi connectivity index (χ4v) is 3.22. The van der Waals surface area contributed by atoms with Gasteiger partial charge in [-0.25, -0.2) is 9.78 Å². The highest BCUT2D eigenvalue weighted by molar-refractivity contribution is 7.15. The molecular formula is C14H17N3O2S. The molecule has 1 N–H and O–H groups in total. The Labute approximate surface area is 122 Å². The number of hydrogen-bond acceptors (Lipinski definition) is 6. The minimum absolute atomic E-state index is 0.0478. The Balaban J connectivity index is 2.07. The van der Waals surface area contributed by atoms with Crippen molar-refractivity contribution in [1.82, 2.24) is 4.98 Å². The lowest BCUT2D eigenvalue weighted by Gasteiger charge is -2.15. The smallest absolute Gasteiger partial charge is 0.350 e. The molecule has 1 aromatic rings. The number of hydrogen-bond donors (Lipinski definition) is 1. The molecule has 106 valence electrons. The van der Waals surface area contributed by atoms with E-state index >= 15 is 0 Å². The summed E-state index contributed by atoms with van der Waals surface area (Å²) in [6, 6.07) is 1.83. The Morgan fingerprint density at radius 3 is 3.20 bits per heavy atom. The maximum atomic E-state index is 11.5. The van der Waals surface area contributed by atoms with Crippen molar-refractivity contribution in [3.8, 4) is 6.07 Å². The molecule has 0 saturated carbocycles. The van der Waals surface area contributed by atoms with Crippen LogP contribution < -0.4 is 5.32 Å². The van der Waals surface area contributed by atoms with Crippen molar-refractivity contribution in [3.63, 3.8) is 0 Å². The van der Waals surface area contributed by atoms with Crippen LogP contribution in [0.15, 0.2) is 11.8 Å². The summed E-state index contributed by atoms with van der Waals surface area (Å²) in [4.78, 5) is 17.3. The number of aromatic nitrogens is 1. The molecule has 0 saturated heterocycles. The van der Waals surface area contributed by atoms with Crippen molar-refractivity contribution < 1.29 is 9.53 Å². The van der Waals surface area contributed by atoms with Gasteiger partial charge in [0, 0.05) is 11.1 Å². The quantitative estimate of drug-likeness (QED) is 0.524. The third-order valence-electron chi connectivity index (χ3n) is 3.14. The second-order valence-electron chi connectivity index (χ2n) is 4.77. The molecule has 20 heavy (non-hydrogen) atoms. The Morgan fingerprint density at radius 1 is 1.70 bits per heavy atom. The highest BCUT2D eigenvalue weighted by Crippen LogP contribution is 2.32. The summed E-state index contributed by atoms with van der Waals surface area (Å²) in [5.74, 6) is 0.0815. The van der Waals surface area contributed by atoms with Gasteiger partial charge in [0.05, 0.1) is 12.3 Å². The monoisotopic (exact) mass is 291 g/mol. The van der Waals surface area contributed by atoms with Gasteiger partial charge in [-0.2, -0.15) is 5.26 Å². The molecule has 0 fully saturated rings. The molecular weight excluding hydrogens is 274 g/mol. The first-order valence-electron chi connectivity index (χ1n) is 6.66. The highest BCUT2D eigenvalue weighted by atomic mass is 32.1. The third-order valence-corrected chi connectivity index (χ3v) is 4.19. The van der Waals surface area contributed by atoms with Crippen LogP contribution in [-0.4, -0.2) is 17.6 Å². The van der Waals surface area contributed by atoms with Gasteiger partial charge in [0.25, 0.3) is 0 Å². The van der Waals surface area contributed by atoms with E-state index in [-0.39, 0.29) is 12.2 Å². The van der Waals surface area contributed by atoms with E-state index in [2.05, 4.69) is 17.2 Å². The second-order valence-corrected chi connectivity index (χ2v) is 5.86. The highest BCUT2D eigenvalue weighted by Gasteiger charge is 2.19. The van der Waals surface area contributed by atoms with Gasteiger partial charge in [0.2, 0.25) is 0 Å². The SMILES string of the molecule is CCOC(=O)/C(C#N)=C\Nc1nc2c(s1)C[C@H](C)CC2. The van der Waals surface area contributed by atoms with Crippen LogP contribution in [0.4, 0.5) is 5.13 Å². The van der Waals surface area contributed by atoms with E-state index in [0.717, 1.165) is 30.1 Å². The van der Waals surface area contributed by atoms with Gasteiger partial charge in [0.1, 0.15) is 6.07 Å². The summed E-state index contributed by atoms with van der Waals surface area (Å²) in [6.07, 6.45) is 4.59. The minimum Gasteiger partial charge on any atom is -0.462 e. The van der Waals surface area contributed by atoms with Gasteiger partial charge in [-0.3, -0.25) is 0 Å². The molecule has 6 heteroatoms. The summed E-state index contributed by atoms with van der Waals surface area (Å²) < 4.78 is 4.79. The summed E-state index contributed by atoms with van der Waals surface area (Å²) in [6.45, 7) is 4.20. The molecule has 0 radical (unpaired) electrons. The molecule has 1 atom stereocenters. The Kier molecular flexibility index (Phi) is 4.74. The van der Waals surface area contributed by atoms with E-state index in [4.69, 9.17) is 10.00 Å². The van der Waals surface area contributed by atoms with Gasteiger partial charge in [-0.15, -0.1) is 11.3 Å². The van der Waals surface area contributed by atoms with Crippen molar-refractivity contribution in [3.05, 3.63) is 22.3 Å². The first-order chi connectivity index (χ1) is 9.63. The zero-order chi connectivity index (χ0) is 14.5. The number of carbonyl (C=O) groups excluding carboxylic acids is 1. The number of nitriles is 1. The van der Waals surface area contributed by atoms with Crippen LogP contribution in [0, 0.1) is 17.2 Å². The van der Waals surface area contributed by atoms with E-state index < -0.39 is 5.97 Å². The minimum atomic E-state index is -0.613. The molecule has 1 aromatic heterocycles. The molecule has 1 aliphatic rings. The summed E-state index contributed by atoms with van der Waals surface area (Å²) >= 11 is 1.59. The molecule has 0 bridgehead atoms. The van der Waals surface area contributed by atoms with Gasteiger partial charge < -0.3 is 10.1 Å². The molecule has 0 spiro atoms. The maximum Gasteiger partial charge on any atom is 0.350 e. The van der Waals surface area contributed by atoms with Crippen LogP contribution in [0.5, 0.6) is 0 Å². The van der Waals surface area contributed by atoms with Crippen molar-refractivity contribution in [1.29, 1.82) is 5.26 Å². The van der Waals surface area contributed by atoms with E-state index in [0.29, 0.717) is 5.92 Å². The Bertz CT molecular complexity index is 571. The summed E-state index contributed by atoms with van der Waals surface area (Å²) in [5.41, 5.74) is 1.09. The average Bonchev–Trinajstić information content (AvgIpc) is 2.81. The fourth-order valence-electron chi connectivity index (χ4n) is 2.08. The van der Waals surface area contributed by atoms with Crippen molar-refractivity contribution in [2.24, 2.45) is 5.92 Å². The zero-order valence-corrected chi connectivity index (χ0v) is 12.4. The van der Waals surface area contributed by atoms with Crippen LogP contribution in [-0.2, 0) is 22.4 Å². The number of fused-ring (bicyclic) bond motifs is 1. The number of carbonyl (C=O) groups is 1. The zero-order valence-electron chi connectivity index (χ0n) is 11.6. The first kappa shape index (κ1) is 14.5. The lowest BCUT2D eigenvalue weighted by Crippen LogP contribution is -2.09. The van der Waals surface area contributed by atoms with Crippen LogP contribution in [0.3, 0.4) is 0 Å². The Morgan fingerprint density at radius 2 is 2.50 bits per heavy atom. The topological polar surface area (TPSA) is 75.0 Å². The van der Waals surface area contributed by atoms with Crippen LogP contribution in [0.1, 0.15) is 30.8 Å². The number of rotatable bonds is 4. The van der Waals surface area contributed by atoms with E-state index in [9.17, 15) is 4.79 Å². The first-order valence-corrected chi connectivity index (χ1v) is 7.48. The number of aryl methyl sites for hydroxylation is 1.